The van der Waals surface area contributed by atoms with E-state index in [9.17, 15) is 9.59 Å². The molecule has 0 aliphatic carbocycles. The second-order valence-corrected chi connectivity index (χ2v) is 6.23. The third-order valence-electron chi connectivity index (χ3n) is 4.33. The van der Waals surface area contributed by atoms with Crippen LogP contribution in [0.25, 0.3) is 0 Å². The van der Waals surface area contributed by atoms with Crippen molar-refractivity contribution in [1.82, 2.24) is 4.90 Å². The number of morpholine rings is 1. The van der Waals surface area contributed by atoms with Gasteiger partial charge in [-0.05, 0) is 37.1 Å². The topological polar surface area (TPSA) is 61.9 Å². The predicted molar refractivity (Wildman–Crippen MR) is 88.7 cm³/mol. The normalized spacial score (nSPS) is 21.1. The Morgan fingerprint density at radius 3 is 2.91 bits per heavy atom. The molecule has 1 aromatic carbocycles. The van der Waals surface area contributed by atoms with Gasteiger partial charge in [0.1, 0.15) is 0 Å². The van der Waals surface area contributed by atoms with Crippen LogP contribution in [0.2, 0.25) is 0 Å². The first-order chi connectivity index (χ1) is 11.0. The molecule has 23 heavy (non-hydrogen) atoms. The van der Waals surface area contributed by atoms with Crippen LogP contribution < -0.4 is 10.2 Å². The molecule has 0 aromatic heterocycles. The molecule has 6 heteroatoms. The maximum absolute atomic E-state index is 12.2. The highest BCUT2D eigenvalue weighted by Gasteiger charge is 2.23. The minimum absolute atomic E-state index is 0.0135. The average Bonchev–Trinajstić information content (AvgIpc) is 2.90. The number of carbonyl (C=O) groups is 2. The van der Waals surface area contributed by atoms with Crippen molar-refractivity contribution in [2.75, 3.05) is 43.0 Å². The Kier molecular flexibility index (Phi) is 4.63. The van der Waals surface area contributed by atoms with E-state index in [1.165, 1.54) is 0 Å². The highest BCUT2D eigenvalue weighted by Crippen LogP contribution is 2.30. The van der Waals surface area contributed by atoms with Gasteiger partial charge in [-0.25, -0.2) is 0 Å². The number of nitrogens with one attached hydrogen (secondary N) is 1. The number of hydrogen-bond donors (Lipinski definition) is 1. The van der Waals surface area contributed by atoms with Crippen molar-refractivity contribution in [2.24, 2.45) is 0 Å². The van der Waals surface area contributed by atoms with Crippen molar-refractivity contribution in [1.29, 1.82) is 0 Å². The van der Waals surface area contributed by atoms with Gasteiger partial charge in [0, 0.05) is 37.9 Å². The van der Waals surface area contributed by atoms with Crippen molar-refractivity contribution >= 4 is 23.2 Å². The molecule has 0 unspecified atom stereocenters. The zero-order valence-corrected chi connectivity index (χ0v) is 13.7. The van der Waals surface area contributed by atoms with Crippen LogP contribution in [0.4, 0.5) is 11.4 Å². The minimum atomic E-state index is -0.0135. The lowest BCUT2D eigenvalue weighted by Gasteiger charge is -2.30. The summed E-state index contributed by atoms with van der Waals surface area (Å²) in [6.07, 6.45) is 1.01. The first-order valence-corrected chi connectivity index (χ1v) is 8.08. The molecule has 0 saturated carbocycles. The zero-order valence-electron chi connectivity index (χ0n) is 13.7. The van der Waals surface area contributed by atoms with Gasteiger partial charge in [-0.1, -0.05) is 0 Å². The van der Waals surface area contributed by atoms with Gasteiger partial charge in [-0.2, -0.15) is 0 Å². The van der Waals surface area contributed by atoms with Gasteiger partial charge in [0.2, 0.25) is 11.8 Å². The molecule has 1 fully saturated rings. The molecule has 6 nitrogen and oxygen atoms in total. The third kappa shape index (κ3) is 3.71. The average molecular weight is 317 g/mol. The zero-order chi connectivity index (χ0) is 16.4. The van der Waals surface area contributed by atoms with Gasteiger partial charge in [0.25, 0.3) is 0 Å². The molecule has 0 spiro atoms. The molecular formula is C17H23N3O3. The smallest absolute Gasteiger partial charge is 0.238 e. The summed E-state index contributed by atoms with van der Waals surface area (Å²) in [5, 5.41) is 2.95. The van der Waals surface area contributed by atoms with E-state index in [1.54, 1.807) is 11.8 Å². The number of amides is 2. The molecule has 2 amide bonds. The second-order valence-electron chi connectivity index (χ2n) is 6.23. The van der Waals surface area contributed by atoms with E-state index >= 15 is 0 Å². The second kappa shape index (κ2) is 6.68. The molecule has 124 valence electrons. The van der Waals surface area contributed by atoms with Gasteiger partial charge >= 0.3 is 0 Å². The highest BCUT2D eigenvalue weighted by atomic mass is 16.5. The highest BCUT2D eigenvalue weighted by molar-refractivity contribution is 5.96. The fraction of sp³-hybridized carbons (Fsp3) is 0.529. The summed E-state index contributed by atoms with van der Waals surface area (Å²) >= 11 is 0. The molecular weight excluding hydrogens is 294 g/mol. The number of carbonyl (C=O) groups excluding carboxylic acids is 2. The fourth-order valence-corrected chi connectivity index (χ4v) is 3.24. The van der Waals surface area contributed by atoms with Crippen LogP contribution in [-0.4, -0.2) is 55.6 Å². The van der Waals surface area contributed by atoms with E-state index in [1.807, 2.05) is 25.1 Å². The van der Waals surface area contributed by atoms with Crippen LogP contribution in [0.5, 0.6) is 0 Å². The maximum atomic E-state index is 12.2. The van der Waals surface area contributed by atoms with Crippen LogP contribution in [0, 0.1) is 0 Å². The SMILES string of the molecule is CC(=O)N1CCc2cc(NC(=O)CN3CCO[C@@H](C)C3)ccc21. The summed E-state index contributed by atoms with van der Waals surface area (Å²) in [4.78, 5) is 27.6. The Hall–Kier alpha value is -1.92. The third-order valence-corrected chi connectivity index (χ3v) is 4.33. The Morgan fingerprint density at radius 1 is 1.35 bits per heavy atom. The number of hydrogen-bond acceptors (Lipinski definition) is 4. The molecule has 2 aliphatic rings. The number of rotatable bonds is 3. The van der Waals surface area contributed by atoms with Gasteiger partial charge < -0.3 is 15.0 Å². The standard InChI is InChI=1S/C17H23N3O3/c1-12-10-19(7-8-23-12)11-17(22)18-15-3-4-16-14(9-15)5-6-20(16)13(2)21/h3-4,9,12H,5-8,10-11H2,1-2H3,(H,18,22)/t12-/m0/s1. The molecule has 0 radical (unpaired) electrons. The van der Waals surface area contributed by atoms with E-state index in [2.05, 4.69) is 10.2 Å². The molecule has 1 aromatic rings. The molecule has 1 atom stereocenters. The molecule has 2 aliphatic heterocycles. The first-order valence-electron chi connectivity index (χ1n) is 8.08. The molecule has 2 heterocycles. The van der Waals surface area contributed by atoms with Crippen LogP contribution in [0.3, 0.4) is 0 Å². The Labute approximate surface area is 136 Å². The number of nitrogens with zero attached hydrogens (tertiary/aromatic N) is 2. The van der Waals surface area contributed by atoms with E-state index in [0.29, 0.717) is 19.7 Å². The Morgan fingerprint density at radius 2 is 2.17 bits per heavy atom. The molecule has 1 saturated heterocycles. The minimum Gasteiger partial charge on any atom is -0.376 e. The molecule has 3 rings (SSSR count). The summed E-state index contributed by atoms with van der Waals surface area (Å²) in [5.74, 6) is 0.0439. The Balaban J connectivity index is 1.60. The summed E-state index contributed by atoms with van der Waals surface area (Å²) in [7, 11) is 0. The van der Waals surface area contributed by atoms with Crippen molar-refractivity contribution in [2.45, 2.75) is 26.4 Å². The summed E-state index contributed by atoms with van der Waals surface area (Å²) in [6, 6.07) is 5.74. The molecule has 1 N–H and O–H groups in total. The van der Waals surface area contributed by atoms with Crippen molar-refractivity contribution in [3.05, 3.63) is 23.8 Å². The van der Waals surface area contributed by atoms with E-state index in [0.717, 1.165) is 36.4 Å². The lowest BCUT2D eigenvalue weighted by Crippen LogP contribution is -2.44. The number of benzene rings is 1. The summed E-state index contributed by atoms with van der Waals surface area (Å²) < 4.78 is 5.48. The number of anilines is 2. The van der Waals surface area contributed by atoms with Crippen LogP contribution in [-0.2, 0) is 20.7 Å². The van der Waals surface area contributed by atoms with E-state index in [-0.39, 0.29) is 17.9 Å². The largest absolute Gasteiger partial charge is 0.376 e. The van der Waals surface area contributed by atoms with Crippen LogP contribution in [0.15, 0.2) is 18.2 Å². The van der Waals surface area contributed by atoms with Crippen molar-refractivity contribution in [3.63, 3.8) is 0 Å². The number of ether oxygens (including phenoxy) is 1. The van der Waals surface area contributed by atoms with Gasteiger partial charge in [-0.15, -0.1) is 0 Å². The van der Waals surface area contributed by atoms with Gasteiger partial charge in [0.15, 0.2) is 0 Å². The summed E-state index contributed by atoms with van der Waals surface area (Å²) in [6.45, 7) is 6.94. The predicted octanol–water partition coefficient (Wildman–Crippen LogP) is 1.25. The van der Waals surface area contributed by atoms with Crippen molar-refractivity contribution < 1.29 is 14.3 Å². The van der Waals surface area contributed by atoms with E-state index in [4.69, 9.17) is 4.74 Å². The van der Waals surface area contributed by atoms with Crippen LogP contribution >= 0.6 is 0 Å². The first kappa shape index (κ1) is 16.0. The van der Waals surface area contributed by atoms with Crippen LogP contribution in [0.1, 0.15) is 19.4 Å². The Bertz CT molecular complexity index is 617. The summed E-state index contributed by atoms with van der Waals surface area (Å²) in [5.41, 5.74) is 2.86. The number of fused-ring (bicyclic) bond motifs is 1. The van der Waals surface area contributed by atoms with E-state index < -0.39 is 0 Å². The quantitative estimate of drug-likeness (QED) is 0.911. The fourth-order valence-electron chi connectivity index (χ4n) is 3.24. The lowest BCUT2D eigenvalue weighted by atomic mass is 10.1. The van der Waals surface area contributed by atoms with Gasteiger partial charge in [-0.3, -0.25) is 14.5 Å². The van der Waals surface area contributed by atoms with Gasteiger partial charge in [0.05, 0.1) is 19.3 Å². The monoisotopic (exact) mass is 317 g/mol. The lowest BCUT2D eigenvalue weighted by molar-refractivity contribution is -0.119. The maximum Gasteiger partial charge on any atom is 0.238 e. The van der Waals surface area contributed by atoms with Crippen molar-refractivity contribution in [3.8, 4) is 0 Å². The molecule has 0 bridgehead atoms.